The van der Waals surface area contributed by atoms with Crippen LogP contribution in [0.1, 0.15) is 25.5 Å². The van der Waals surface area contributed by atoms with E-state index < -0.39 is 0 Å². The van der Waals surface area contributed by atoms with Crippen LogP contribution in [0.2, 0.25) is 0 Å². The Morgan fingerprint density at radius 2 is 2.22 bits per heavy atom. The minimum atomic E-state index is -0.108. The molecule has 1 unspecified atom stereocenters. The molecule has 1 amide bonds. The number of halogens is 1. The second kappa shape index (κ2) is 7.38. The zero-order chi connectivity index (χ0) is 13.5. The molecule has 0 bridgehead atoms. The van der Waals surface area contributed by atoms with E-state index in [4.69, 9.17) is 4.74 Å². The van der Waals surface area contributed by atoms with E-state index in [1.807, 2.05) is 39.1 Å². The second-order valence-corrected chi connectivity index (χ2v) is 4.85. The van der Waals surface area contributed by atoms with Gasteiger partial charge in [-0.1, -0.05) is 15.9 Å². The largest absolute Gasteiger partial charge is 0.483 e. The Morgan fingerprint density at radius 3 is 2.83 bits per heavy atom. The molecule has 1 atom stereocenters. The molecule has 1 aromatic carbocycles. The number of amides is 1. The summed E-state index contributed by atoms with van der Waals surface area (Å²) in [5.74, 6) is 0.620. The first-order valence-electron chi connectivity index (χ1n) is 5.94. The van der Waals surface area contributed by atoms with Crippen molar-refractivity contribution in [2.24, 2.45) is 0 Å². The maximum Gasteiger partial charge on any atom is 0.257 e. The average molecular weight is 315 g/mol. The highest BCUT2D eigenvalue weighted by Gasteiger charge is 2.12. The number of rotatable bonds is 6. The van der Waals surface area contributed by atoms with Crippen molar-refractivity contribution >= 4 is 21.8 Å². The van der Waals surface area contributed by atoms with Gasteiger partial charge >= 0.3 is 0 Å². The summed E-state index contributed by atoms with van der Waals surface area (Å²) >= 11 is 3.44. The quantitative estimate of drug-likeness (QED) is 0.846. The zero-order valence-corrected chi connectivity index (χ0v) is 12.5. The smallest absolute Gasteiger partial charge is 0.257 e. The Kier molecular flexibility index (Phi) is 6.15. The molecule has 0 spiro atoms. The highest BCUT2D eigenvalue weighted by atomic mass is 79.9. The second-order valence-electron chi connectivity index (χ2n) is 3.93. The number of nitrogens with one attached hydrogen (secondary N) is 2. The van der Waals surface area contributed by atoms with Crippen LogP contribution in [0, 0.1) is 0 Å². The number of ether oxygens (including phenoxy) is 1. The molecule has 0 saturated carbocycles. The number of likely N-dealkylation sites (N-methyl/N-ethyl adjacent to an activating group) is 1. The molecule has 0 heterocycles. The molecule has 0 aliphatic rings. The van der Waals surface area contributed by atoms with Gasteiger partial charge in [0.25, 0.3) is 5.91 Å². The summed E-state index contributed by atoms with van der Waals surface area (Å²) in [6.07, 6.45) is 0. The van der Waals surface area contributed by atoms with E-state index in [-0.39, 0.29) is 18.6 Å². The highest BCUT2D eigenvalue weighted by Crippen LogP contribution is 2.28. The standard InChI is InChI=1S/C13H19BrN2O2/c1-4-16-13(17)8-18-12-6-5-10(14)7-11(12)9(2)15-3/h5-7,9,15H,4,8H2,1-3H3,(H,16,17). The topological polar surface area (TPSA) is 50.4 Å². The number of hydrogen-bond acceptors (Lipinski definition) is 3. The minimum Gasteiger partial charge on any atom is -0.483 e. The van der Waals surface area contributed by atoms with Gasteiger partial charge < -0.3 is 15.4 Å². The van der Waals surface area contributed by atoms with Gasteiger partial charge in [0.05, 0.1) is 0 Å². The van der Waals surface area contributed by atoms with Gasteiger partial charge in [0.15, 0.2) is 6.61 Å². The Balaban J connectivity index is 2.78. The van der Waals surface area contributed by atoms with Crippen molar-refractivity contribution in [2.45, 2.75) is 19.9 Å². The van der Waals surface area contributed by atoms with Crippen LogP contribution < -0.4 is 15.4 Å². The van der Waals surface area contributed by atoms with Crippen molar-refractivity contribution in [2.75, 3.05) is 20.2 Å². The van der Waals surface area contributed by atoms with Crippen molar-refractivity contribution in [1.82, 2.24) is 10.6 Å². The van der Waals surface area contributed by atoms with Crippen LogP contribution in [-0.2, 0) is 4.79 Å². The molecule has 100 valence electrons. The van der Waals surface area contributed by atoms with Gasteiger partial charge in [-0.05, 0) is 39.1 Å². The minimum absolute atomic E-state index is 0.0406. The van der Waals surface area contributed by atoms with Crippen LogP contribution in [0.4, 0.5) is 0 Å². The number of benzene rings is 1. The number of carbonyl (C=O) groups is 1. The third-order valence-electron chi connectivity index (χ3n) is 2.60. The van der Waals surface area contributed by atoms with Crippen molar-refractivity contribution in [3.63, 3.8) is 0 Å². The van der Waals surface area contributed by atoms with Gasteiger partial charge in [-0.15, -0.1) is 0 Å². The lowest BCUT2D eigenvalue weighted by Crippen LogP contribution is -2.28. The Labute approximate surface area is 116 Å². The Hall–Kier alpha value is -1.07. The van der Waals surface area contributed by atoms with Crippen molar-refractivity contribution in [1.29, 1.82) is 0 Å². The summed E-state index contributed by atoms with van der Waals surface area (Å²) in [6, 6.07) is 5.92. The summed E-state index contributed by atoms with van der Waals surface area (Å²) in [6.45, 7) is 4.58. The van der Waals surface area contributed by atoms with Gasteiger partial charge in [0, 0.05) is 22.6 Å². The van der Waals surface area contributed by atoms with E-state index in [1.54, 1.807) is 0 Å². The molecule has 0 aliphatic heterocycles. The van der Waals surface area contributed by atoms with Gasteiger partial charge in [-0.2, -0.15) is 0 Å². The number of carbonyl (C=O) groups excluding carboxylic acids is 1. The predicted molar refractivity (Wildman–Crippen MR) is 75.8 cm³/mol. The molecule has 4 nitrogen and oxygen atoms in total. The molecule has 0 aromatic heterocycles. The summed E-state index contributed by atoms with van der Waals surface area (Å²) < 4.78 is 6.55. The molecule has 0 fully saturated rings. The van der Waals surface area contributed by atoms with Crippen LogP contribution in [0.3, 0.4) is 0 Å². The average Bonchev–Trinajstić information content (AvgIpc) is 2.36. The van der Waals surface area contributed by atoms with Crippen LogP contribution in [0.15, 0.2) is 22.7 Å². The lowest BCUT2D eigenvalue weighted by Gasteiger charge is -2.16. The van der Waals surface area contributed by atoms with Gasteiger partial charge in [0.1, 0.15) is 5.75 Å². The molecule has 0 saturated heterocycles. The SMILES string of the molecule is CCNC(=O)COc1ccc(Br)cc1C(C)NC. The third kappa shape index (κ3) is 4.31. The van der Waals surface area contributed by atoms with E-state index in [9.17, 15) is 4.79 Å². The molecule has 1 rings (SSSR count). The molecular weight excluding hydrogens is 296 g/mol. The molecule has 1 aromatic rings. The van der Waals surface area contributed by atoms with E-state index in [2.05, 4.69) is 26.6 Å². The lowest BCUT2D eigenvalue weighted by molar-refractivity contribution is -0.123. The Bertz CT molecular complexity index is 410. The summed E-state index contributed by atoms with van der Waals surface area (Å²) in [5, 5.41) is 5.86. The van der Waals surface area contributed by atoms with Crippen LogP contribution in [0.25, 0.3) is 0 Å². The molecule has 2 N–H and O–H groups in total. The van der Waals surface area contributed by atoms with Gasteiger partial charge in [-0.3, -0.25) is 4.79 Å². The maximum atomic E-state index is 11.4. The van der Waals surface area contributed by atoms with Crippen molar-refractivity contribution in [3.8, 4) is 5.75 Å². The first-order chi connectivity index (χ1) is 8.58. The molecule has 0 radical (unpaired) electrons. The van der Waals surface area contributed by atoms with Gasteiger partial charge in [0.2, 0.25) is 0 Å². The predicted octanol–water partition coefficient (Wildman–Crippen LogP) is 2.24. The summed E-state index contributed by atoms with van der Waals surface area (Å²) in [5.41, 5.74) is 1.02. The van der Waals surface area contributed by atoms with Gasteiger partial charge in [-0.25, -0.2) is 0 Å². The molecular formula is C13H19BrN2O2. The van der Waals surface area contributed by atoms with Crippen molar-refractivity contribution in [3.05, 3.63) is 28.2 Å². The highest BCUT2D eigenvalue weighted by molar-refractivity contribution is 9.10. The fourth-order valence-corrected chi connectivity index (χ4v) is 1.91. The van der Waals surface area contributed by atoms with E-state index in [1.165, 1.54) is 0 Å². The fourth-order valence-electron chi connectivity index (χ4n) is 1.54. The van der Waals surface area contributed by atoms with Crippen LogP contribution in [0.5, 0.6) is 5.75 Å². The van der Waals surface area contributed by atoms with E-state index in [0.29, 0.717) is 6.54 Å². The Morgan fingerprint density at radius 1 is 1.50 bits per heavy atom. The van der Waals surface area contributed by atoms with E-state index >= 15 is 0 Å². The molecule has 18 heavy (non-hydrogen) atoms. The number of hydrogen-bond donors (Lipinski definition) is 2. The van der Waals surface area contributed by atoms with Crippen LogP contribution >= 0.6 is 15.9 Å². The third-order valence-corrected chi connectivity index (χ3v) is 3.10. The summed E-state index contributed by atoms with van der Waals surface area (Å²) in [4.78, 5) is 11.4. The molecule has 5 heteroatoms. The zero-order valence-electron chi connectivity index (χ0n) is 10.9. The maximum absolute atomic E-state index is 11.4. The first kappa shape index (κ1) is 15.0. The fraction of sp³-hybridized carbons (Fsp3) is 0.462. The molecule has 0 aliphatic carbocycles. The monoisotopic (exact) mass is 314 g/mol. The first-order valence-corrected chi connectivity index (χ1v) is 6.74. The normalized spacial score (nSPS) is 12.0. The summed E-state index contributed by atoms with van der Waals surface area (Å²) in [7, 11) is 1.89. The van der Waals surface area contributed by atoms with Crippen molar-refractivity contribution < 1.29 is 9.53 Å². The van der Waals surface area contributed by atoms with E-state index in [0.717, 1.165) is 15.8 Å². The van der Waals surface area contributed by atoms with Crippen LogP contribution in [-0.4, -0.2) is 26.1 Å². The lowest BCUT2D eigenvalue weighted by atomic mass is 10.1.